The predicted octanol–water partition coefficient (Wildman–Crippen LogP) is -0.752. The Balaban J connectivity index is 3.12. The van der Waals surface area contributed by atoms with Crippen LogP contribution in [-0.4, -0.2) is 29.0 Å². The normalized spacial score (nSPS) is 9.27. The molecule has 60 valence electrons. The van der Waals surface area contributed by atoms with Crippen LogP contribution >= 0.6 is 0 Å². The first-order valence-electron chi connectivity index (χ1n) is 3.10. The van der Waals surface area contributed by atoms with Crippen molar-refractivity contribution in [1.29, 1.82) is 0 Å². The van der Waals surface area contributed by atoms with Gasteiger partial charge in [0.05, 0.1) is 0 Å². The van der Waals surface area contributed by atoms with Gasteiger partial charge in [0, 0.05) is 14.1 Å². The molecular weight excluding hydrogens is 146 g/mol. The van der Waals surface area contributed by atoms with Gasteiger partial charge in [0.25, 0.3) is 0 Å². The quantitative estimate of drug-likeness (QED) is 0.523. The van der Waals surface area contributed by atoms with Crippen LogP contribution in [0.3, 0.4) is 0 Å². The van der Waals surface area contributed by atoms with Crippen molar-refractivity contribution in [2.24, 2.45) is 0 Å². The summed E-state index contributed by atoms with van der Waals surface area (Å²) in [6.45, 7) is 0. The van der Waals surface area contributed by atoms with Gasteiger partial charge in [-0.2, -0.15) is 9.97 Å². The van der Waals surface area contributed by atoms with Crippen LogP contribution in [0.15, 0.2) is 4.79 Å². The largest absolute Gasteiger partial charge is 0.359 e. The maximum absolute atomic E-state index is 10.7. The van der Waals surface area contributed by atoms with Crippen molar-refractivity contribution < 1.29 is 0 Å². The third-order valence-electron chi connectivity index (χ3n) is 1.11. The Labute approximate surface area is 63.1 Å². The molecule has 0 aromatic carbocycles. The van der Waals surface area contributed by atoms with Crippen molar-refractivity contribution in [3.05, 3.63) is 10.5 Å². The number of hydrogen-bond donors (Lipinski definition) is 3. The first-order chi connectivity index (χ1) is 5.26. The maximum atomic E-state index is 10.7. The molecule has 0 saturated heterocycles. The van der Waals surface area contributed by atoms with Gasteiger partial charge in [-0.15, -0.1) is 0 Å². The summed E-state index contributed by atoms with van der Waals surface area (Å²) in [5.41, 5.74) is -0.423. The molecule has 0 fully saturated rings. The average Bonchev–Trinajstić information content (AvgIpc) is 2.03. The molecule has 1 aromatic heterocycles. The van der Waals surface area contributed by atoms with Crippen molar-refractivity contribution >= 4 is 11.9 Å². The molecule has 0 bridgehead atoms. The second-order valence-corrected chi connectivity index (χ2v) is 1.83. The minimum absolute atomic E-state index is 0.304. The molecule has 0 aliphatic heterocycles. The second kappa shape index (κ2) is 3.00. The first kappa shape index (κ1) is 7.52. The molecule has 0 radical (unpaired) electrons. The molecule has 0 aliphatic rings. The molecule has 0 spiro atoms. The van der Waals surface area contributed by atoms with Gasteiger partial charge >= 0.3 is 5.69 Å². The van der Waals surface area contributed by atoms with Crippen molar-refractivity contribution in [3.63, 3.8) is 0 Å². The third-order valence-corrected chi connectivity index (χ3v) is 1.11. The zero-order valence-electron chi connectivity index (χ0n) is 6.30. The number of H-pyrrole nitrogens is 1. The molecule has 6 heteroatoms. The van der Waals surface area contributed by atoms with E-state index in [4.69, 9.17) is 0 Å². The van der Waals surface area contributed by atoms with E-state index in [1.807, 2.05) is 0 Å². The summed E-state index contributed by atoms with van der Waals surface area (Å²) < 4.78 is 0. The molecule has 0 unspecified atom stereocenters. The van der Waals surface area contributed by atoms with E-state index in [0.717, 1.165) is 0 Å². The van der Waals surface area contributed by atoms with Gasteiger partial charge in [-0.25, -0.2) is 4.79 Å². The minimum atomic E-state index is -0.423. The fourth-order valence-electron chi connectivity index (χ4n) is 0.614. The van der Waals surface area contributed by atoms with E-state index in [0.29, 0.717) is 11.9 Å². The second-order valence-electron chi connectivity index (χ2n) is 1.83. The van der Waals surface area contributed by atoms with Gasteiger partial charge < -0.3 is 10.6 Å². The number of nitrogens with zero attached hydrogens (tertiary/aromatic N) is 2. The van der Waals surface area contributed by atoms with E-state index in [-0.39, 0.29) is 0 Å². The van der Waals surface area contributed by atoms with E-state index < -0.39 is 5.69 Å². The Morgan fingerprint density at radius 3 is 2.55 bits per heavy atom. The van der Waals surface area contributed by atoms with Gasteiger partial charge in [0.15, 0.2) is 0 Å². The molecule has 0 atom stereocenters. The van der Waals surface area contributed by atoms with E-state index in [1.165, 1.54) is 0 Å². The van der Waals surface area contributed by atoms with Gasteiger partial charge in [-0.3, -0.25) is 4.98 Å². The number of hydrogen-bond acceptors (Lipinski definition) is 5. The molecule has 1 heterocycles. The number of aromatic amines is 1. The lowest BCUT2D eigenvalue weighted by Crippen LogP contribution is -2.16. The molecule has 6 nitrogen and oxygen atoms in total. The zero-order chi connectivity index (χ0) is 8.27. The van der Waals surface area contributed by atoms with E-state index in [2.05, 4.69) is 25.6 Å². The number of rotatable bonds is 2. The Bertz CT molecular complexity index is 268. The van der Waals surface area contributed by atoms with Crippen molar-refractivity contribution in [2.45, 2.75) is 0 Å². The molecular formula is C5H9N5O. The Morgan fingerprint density at radius 1 is 1.27 bits per heavy atom. The third kappa shape index (κ3) is 1.66. The average molecular weight is 155 g/mol. The predicted molar refractivity (Wildman–Crippen MR) is 41.7 cm³/mol. The highest BCUT2D eigenvalue weighted by atomic mass is 16.1. The van der Waals surface area contributed by atoms with Crippen LogP contribution < -0.4 is 16.3 Å². The SMILES string of the molecule is CNc1nc(NC)[nH]c(=O)n1. The Hall–Kier alpha value is -1.59. The van der Waals surface area contributed by atoms with E-state index in [9.17, 15) is 4.79 Å². The van der Waals surface area contributed by atoms with Crippen molar-refractivity contribution in [2.75, 3.05) is 24.7 Å². The van der Waals surface area contributed by atoms with Gasteiger partial charge in [0.1, 0.15) is 0 Å². The van der Waals surface area contributed by atoms with E-state index >= 15 is 0 Å². The standard InChI is InChI=1S/C5H9N5O/c1-6-3-8-4(7-2)10-5(11)9-3/h1-2H3,(H3,6,7,8,9,10,11). The molecule has 0 saturated carbocycles. The fraction of sp³-hybridized carbons (Fsp3) is 0.400. The van der Waals surface area contributed by atoms with Crippen LogP contribution in [0.2, 0.25) is 0 Å². The van der Waals surface area contributed by atoms with Crippen LogP contribution in [0.25, 0.3) is 0 Å². The summed E-state index contributed by atoms with van der Waals surface area (Å²) in [7, 11) is 3.31. The highest BCUT2D eigenvalue weighted by Gasteiger charge is 1.96. The molecule has 1 rings (SSSR count). The lowest BCUT2D eigenvalue weighted by Gasteiger charge is -1.99. The summed E-state index contributed by atoms with van der Waals surface area (Å²) in [6.07, 6.45) is 0. The monoisotopic (exact) mass is 155 g/mol. The molecule has 1 aromatic rings. The van der Waals surface area contributed by atoms with Crippen molar-refractivity contribution in [1.82, 2.24) is 15.0 Å². The highest BCUT2D eigenvalue weighted by molar-refractivity contribution is 5.30. The summed E-state index contributed by atoms with van der Waals surface area (Å²) in [5.74, 6) is 0.701. The number of aromatic nitrogens is 3. The lowest BCUT2D eigenvalue weighted by molar-refractivity contribution is 0.990. The lowest BCUT2D eigenvalue weighted by atomic mass is 10.8. The summed E-state index contributed by atoms with van der Waals surface area (Å²) in [4.78, 5) is 20.6. The van der Waals surface area contributed by atoms with Crippen LogP contribution in [0.4, 0.5) is 11.9 Å². The maximum Gasteiger partial charge on any atom is 0.350 e. The summed E-state index contributed by atoms with van der Waals surface area (Å²) in [6, 6.07) is 0. The molecule has 3 N–H and O–H groups in total. The number of nitrogens with one attached hydrogen (secondary N) is 3. The molecule has 11 heavy (non-hydrogen) atoms. The van der Waals surface area contributed by atoms with Crippen LogP contribution in [-0.2, 0) is 0 Å². The minimum Gasteiger partial charge on any atom is -0.359 e. The Morgan fingerprint density at radius 2 is 2.00 bits per heavy atom. The molecule has 0 amide bonds. The molecule has 0 aliphatic carbocycles. The van der Waals surface area contributed by atoms with Crippen LogP contribution in [0, 0.1) is 0 Å². The van der Waals surface area contributed by atoms with Crippen LogP contribution in [0.1, 0.15) is 0 Å². The zero-order valence-corrected chi connectivity index (χ0v) is 6.30. The fourth-order valence-corrected chi connectivity index (χ4v) is 0.614. The van der Waals surface area contributed by atoms with Crippen molar-refractivity contribution in [3.8, 4) is 0 Å². The van der Waals surface area contributed by atoms with Crippen LogP contribution in [0.5, 0.6) is 0 Å². The summed E-state index contributed by atoms with van der Waals surface area (Å²) >= 11 is 0. The van der Waals surface area contributed by atoms with Gasteiger partial charge in [0.2, 0.25) is 11.9 Å². The number of anilines is 2. The topological polar surface area (TPSA) is 82.7 Å². The Kier molecular flexibility index (Phi) is 2.05. The smallest absolute Gasteiger partial charge is 0.350 e. The first-order valence-corrected chi connectivity index (χ1v) is 3.10. The summed E-state index contributed by atoms with van der Waals surface area (Å²) in [5, 5.41) is 5.36. The van der Waals surface area contributed by atoms with E-state index in [1.54, 1.807) is 14.1 Å². The highest BCUT2D eigenvalue weighted by Crippen LogP contribution is 1.94. The van der Waals surface area contributed by atoms with Gasteiger partial charge in [-0.05, 0) is 0 Å². The van der Waals surface area contributed by atoms with Gasteiger partial charge in [-0.1, -0.05) is 0 Å².